The monoisotopic (exact) mass is 312 g/mol. The zero-order valence-electron chi connectivity index (χ0n) is 10.9. The van der Waals surface area contributed by atoms with Crippen LogP contribution in [0.4, 0.5) is 5.82 Å². The summed E-state index contributed by atoms with van der Waals surface area (Å²) in [6.45, 7) is 3.10. The van der Waals surface area contributed by atoms with Crippen LogP contribution in [-0.4, -0.2) is 23.2 Å². The molecule has 0 aromatic carbocycles. The first-order valence-corrected chi connectivity index (χ1v) is 7.41. The van der Waals surface area contributed by atoms with Crippen LogP contribution in [0.2, 0.25) is 0 Å². The normalized spacial score (nSPS) is 18.6. The maximum atomic E-state index is 9.66. The lowest BCUT2D eigenvalue weighted by molar-refractivity contribution is 0.0943. The second kappa shape index (κ2) is 6.02. The average molecular weight is 313 g/mol. The lowest BCUT2D eigenvalue weighted by Gasteiger charge is -2.35. The Balaban J connectivity index is 2.01. The molecule has 1 fully saturated rings. The molecule has 0 amide bonds. The molecular formula is C14H21BrN2O. The number of rotatable bonds is 4. The summed E-state index contributed by atoms with van der Waals surface area (Å²) >= 11 is 3.52. The van der Waals surface area contributed by atoms with Crippen molar-refractivity contribution in [3.8, 4) is 0 Å². The van der Waals surface area contributed by atoms with Gasteiger partial charge in [-0.25, -0.2) is 4.98 Å². The highest BCUT2D eigenvalue weighted by atomic mass is 79.9. The Kier molecular flexibility index (Phi) is 4.62. The molecule has 0 radical (unpaired) electrons. The molecule has 0 saturated heterocycles. The molecule has 1 heterocycles. The van der Waals surface area contributed by atoms with Gasteiger partial charge in [-0.2, -0.15) is 0 Å². The molecule has 1 aliphatic carbocycles. The molecule has 2 rings (SSSR count). The Morgan fingerprint density at radius 1 is 1.39 bits per heavy atom. The molecule has 100 valence electrons. The number of anilines is 1. The lowest BCUT2D eigenvalue weighted by atomic mass is 9.74. The molecule has 1 saturated carbocycles. The van der Waals surface area contributed by atoms with Crippen LogP contribution in [0.15, 0.2) is 16.7 Å². The van der Waals surface area contributed by atoms with E-state index in [1.807, 2.05) is 13.1 Å². The number of hydrogen-bond donors (Lipinski definition) is 2. The zero-order chi connectivity index (χ0) is 13.0. The van der Waals surface area contributed by atoms with Crippen LogP contribution in [-0.2, 0) is 0 Å². The third-order valence-electron chi connectivity index (χ3n) is 3.86. The van der Waals surface area contributed by atoms with Crippen LogP contribution in [0.25, 0.3) is 0 Å². The molecule has 0 atom stereocenters. The first-order chi connectivity index (χ1) is 8.65. The van der Waals surface area contributed by atoms with Gasteiger partial charge in [0.25, 0.3) is 0 Å². The Labute approximate surface area is 117 Å². The van der Waals surface area contributed by atoms with Crippen LogP contribution in [0, 0.1) is 12.3 Å². The fourth-order valence-electron chi connectivity index (χ4n) is 2.63. The van der Waals surface area contributed by atoms with Gasteiger partial charge in [0.05, 0.1) is 11.1 Å². The van der Waals surface area contributed by atoms with Crippen molar-refractivity contribution in [2.45, 2.75) is 39.0 Å². The second-order valence-corrected chi connectivity index (χ2v) is 6.27. The highest BCUT2D eigenvalue weighted by Gasteiger charge is 2.31. The van der Waals surface area contributed by atoms with Gasteiger partial charge < -0.3 is 10.4 Å². The van der Waals surface area contributed by atoms with Crippen molar-refractivity contribution in [3.05, 3.63) is 22.3 Å². The first-order valence-electron chi connectivity index (χ1n) is 6.62. The Morgan fingerprint density at radius 2 is 2.11 bits per heavy atom. The van der Waals surface area contributed by atoms with Gasteiger partial charge in [0, 0.05) is 18.2 Å². The van der Waals surface area contributed by atoms with E-state index in [1.165, 1.54) is 19.3 Å². The van der Waals surface area contributed by atoms with Crippen molar-refractivity contribution in [2.75, 3.05) is 18.5 Å². The van der Waals surface area contributed by atoms with E-state index in [4.69, 9.17) is 0 Å². The molecule has 3 nitrogen and oxygen atoms in total. The van der Waals surface area contributed by atoms with Crippen molar-refractivity contribution in [1.29, 1.82) is 0 Å². The predicted octanol–water partition coefficient (Wildman–Crippen LogP) is 3.51. The predicted molar refractivity (Wildman–Crippen MR) is 77.8 cm³/mol. The molecule has 2 N–H and O–H groups in total. The average Bonchev–Trinajstić information content (AvgIpc) is 2.39. The van der Waals surface area contributed by atoms with Crippen molar-refractivity contribution >= 4 is 21.7 Å². The summed E-state index contributed by atoms with van der Waals surface area (Å²) < 4.78 is 0.992. The van der Waals surface area contributed by atoms with E-state index in [9.17, 15) is 5.11 Å². The smallest absolute Gasteiger partial charge is 0.140 e. The number of aryl methyl sites for hydroxylation is 1. The third kappa shape index (κ3) is 3.23. The number of nitrogens with one attached hydrogen (secondary N) is 1. The molecule has 0 aliphatic heterocycles. The van der Waals surface area contributed by atoms with Crippen LogP contribution < -0.4 is 5.32 Å². The number of aliphatic hydroxyl groups is 1. The number of pyridine rings is 1. The number of aromatic nitrogens is 1. The number of aliphatic hydroxyl groups excluding tert-OH is 1. The van der Waals surface area contributed by atoms with E-state index in [-0.39, 0.29) is 12.0 Å². The Hall–Kier alpha value is -0.610. The van der Waals surface area contributed by atoms with E-state index in [0.717, 1.165) is 35.2 Å². The largest absolute Gasteiger partial charge is 0.396 e. The minimum absolute atomic E-state index is 0.0459. The van der Waals surface area contributed by atoms with E-state index >= 15 is 0 Å². The van der Waals surface area contributed by atoms with E-state index in [2.05, 4.69) is 32.3 Å². The summed E-state index contributed by atoms with van der Waals surface area (Å²) in [6.07, 6.45) is 7.84. The van der Waals surface area contributed by atoms with Crippen molar-refractivity contribution in [1.82, 2.24) is 4.98 Å². The minimum atomic E-state index is 0.0459. The number of nitrogens with zero attached hydrogens (tertiary/aromatic N) is 1. The van der Waals surface area contributed by atoms with Gasteiger partial charge in [-0.05, 0) is 47.3 Å². The summed E-state index contributed by atoms with van der Waals surface area (Å²) in [6, 6.07) is 2.06. The quantitative estimate of drug-likeness (QED) is 0.894. The van der Waals surface area contributed by atoms with Crippen LogP contribution in [0.3, 0.4) is 0 Å². The van der Waals surface area contributed by atoms with Crippen LogP contribution in [0.1, 0.15) is 37.7 Å². The Morgan fingerprint density at radius 3 is 2.72 bits per heavy atom. The van der Waals surface area contributed by atoms with Gasteiger partial charge in [-0.15, -0.1) is 0 Å². The van der Waals surface area contributed by atoms with Crippen LogP contribution in [0.5, 0.6) is 0 Å². The summed E-state index contributed by atoms with van der Waals surface area (Å²) in [5.41, 5.74) is 1.19. The summed E-state index contributed by atoms with van der Waals surface area (Å²) in [4.78, 5) is 4.39. The third-order valence-corrected chi connectivity index (χ3v) is 4.46. The summed E-state index contributed by atoms with van der Waals surface area (Å²) in [5.74, 6) is 0.874. The van der Waals surface area contributed by atoms with E-state index in [0.29, 0.717) is 0 Å². The molecule has 1 aromatic rings. The topological polar surface area (TPSA) is 45.2 Å². The standard InChI is InChI=1S/C14H21BrN2O/c1-11-7-12(15)13(16-8-11)17-9-14(10-18)5-3-2-4-6-14/h7-8,18H,2-6,9-10H2,1H3,(H,16,17). The fraction of sp³-hybridized carbons (Fsp3) is 0.643. The maximum absolute atomic E-state index is 9.66. The molecular weight excluding hydrogens is 292 g/mol. The van der Waals surface area contributed by atoms with Crippen molar-refractivity contribution < 1.29 is 5.11 Å². The lowest BCUT2D eigenvalue weighted by Crippen LogP contribution is -2.35. The first kappa shape index (κ1) is 13.8. The Bertz CT molecular complexity index is 403. The van der Waals surface area contributed by atoms with Gasteiger partial charge in [-0.3, -0.25) is 0 Å². The van der Waals surface area contributed by atoms with Gasteiger partial charge in [-0.1, -0.05) is 19.3 Å². The minimum Gasteiger partial charge on any atom is -0.396 e. The summed E-state index contributed by atoms with van der Waals surface area (Å²) in [5, 5.41) is 13.0. The van der Waals surface area contributed by atoms with Gasteiger partial charge in [0.2, 0.25) is 0 Å². The van der Waals surface area contributed by atoms with Crippen molar-refractivity contribution in [2.24, 2.45) is 5.41 Å². The molecule has 0 spiro atoms. The van der Waals surface area contributed by atoms with Crippen LogP contribution >= 0.6 is 15.9 Å². The molecule has 18 heavy (non-hydrogen) atoms. The second-order valence-electron chi connectivity index (χ2n) is 5.42. The molecule has 0 bridgehead atoms. The summed E-state index contributed by atoms with van der Waals surface area (Å²) in [7, 11) is 0. The SMILES string of the molecule is Cc1cnc(NCC2(CO)CCCCC2)c(Br)c1. The molecule has 1 aliphatic rings. The fourth-order valence-corrected chi connectivity index (χ4v) is 3.23. The number of halogens is 1. The molecule has 1 aromatic heterocycles. The highest BCUT2D eigenvalue weighted by molar-refractivity contribution is 9.10. The zero-order valence-corrected chi connectivity index (χ0v) is 12.5. The maximum Gasteiger partial charge on any atom is 0.140 e. The van der Waals surface area contributed by atoms with Gasteiger partial charge >= 0.3 is 0 Å². The molecule has 0 unspecified atom stereocenters. The van der Waals surface area contributed by atoms with E-state index in [1.54, 1.807) is 0 Å². The van der Waals surface area contributed by atoms with Gasteiger partial charge in [0.15, 0.2) is 0 Å². The van der Waals surface area contributed by atoms with Gasteiger partial charge in [0.1, 0.15) is 5.82 Å². The van der Waals surface area contributed by atoms with Crippen molar-refractivity contribution in [3.63, 3.8) is 0 Å². The van der Waals surface area contributed by atoms with E-state index < -0.39 is 0 Å². The molecule has 4 heteroatoms. The highest BCUT2D eigenvalue weighted by Crippen LogP contribution is 2.36. The number of hydrogen-bond acceptors (Lipinski definition) is 3.